The fraction of sp³-hybridized carbons (Fsp3) is 0.158. The van der Waals surface area contributed by atoms with Crippen LogP contribution in [0, 0.1) is 6.92 Å². The summed E-state index contributed by atoms with van der Waals surface area (Å²) in [5.74, 6) is -0.0146. The molecule has 0 aliphatic carbocycles. The van der Waals surface area contributed by atoms with Crippen molar-refractivity contribution in [2.45, 2.75) is 20.1 Å². The number of aryl methyl sites for hydroxylation is 1. The van der Waals surface area contributed by atoms with Crippen molar-refractivity contribution in [3.8, 4) is 5.88 Å². The first-order chi connectivity index (χ1) is 12.1. The summed E-state index contributed by atoms with van der Waals surface area (Å²) in [7, 11) is 0. The van der Waals surface area contributed by atoms with Crippen LogP contribution in [0.15, 0.2) is 60.8 Å². The number of carbonyl (C=O) groups is 1. The molecule has 0 amide bonds. The lowest BCUT2D eigenvalue weighted by Gasteiger charge is -2.09. The number of aromatic hydroxyl groups is 1. The molecule has 0 fully saturated rings. The molecular formula is C19H19N3O3. The summed E-state index contributed by atoms with van der Waals surface area (Å²) < 4.78 is 6.43. The van der Waals surface area contributed by atoms with E-state index in [4.69, 9.17) is 4.74 Å². The number of hydrogen-bond donors (Lipinski definition) is 2. The third-order valence-electron chi connectivity index (χ3n) is 3.67. The van der Waals surface area contributed by atoms with Gasteiger partial charge in [0, 0.05) is 6.54 Å². The van der Waals surface area contributed by atoms with E-state index >= 15 is 0 Å². The van der Waals surface area contributed by atoms with Crippen LogP contribution in [0.25, 0.3) is 0 Å². The normalized spacial score (nSPS) is 10.4. The number of hydrogen-bond acceptors (Lipinski definition) is 5. The standard InChI is InChI=1S/C19H19N3O3/c1-14-7-9-15(10-8-14)11-20-18-21-17(23)12-22(18)19(24)25-13-16-5-3-2-4-6-16/h2-10,12,23H,11,13H2,1H3,(H,20,21). The number of carbonyl (C=O) groups excluding carboxylic acids is 1. The Morgan fingerprint density at radius 1 is 1.12 bits per heavy atom. The first-order valence-corrected chi connectivity index (χ1v) is 7.90. The van der Waals surface area contributed by atoms with E-state index in [2.05, 4.69) is 10.3 Å². The molecule has 0 bridgehead atoms. The van der Waals surface area contributed by atoms with Gasteiger partial charge in [-0.05, 0) is 18.1 Å². The number of benzene rings is 2. The average Bonchev–Trinajstić information content (AvgIpc) is 3.01. The number of anilines is 1. The van der Waals surface area contributed by atoms with Gasteiger partial charge in [0.25, 0.3) is 0 Å². The zero-order chi connectivity index (χ0) is 17.6. The summed E-state index contributed by atoms with van der Waals surface area (Å²) in [4.78, 5) is 16.2. The molecule has 2 N–H and O–H groups in total. The minimum Gasteiger partial charge on any atom is -0.492 e. The smallest absolute Gasteiger partial charge is 0.421 e. The Labute approximate surface area is 145 Å². The molecule has 1 aromatic heterocycles. The zero-order valence-electron chi connectivity index (χ0n) is 13.8. The van der Waals surface area contributed by atoms with Crippen LogP contribution in [0.5, 0.6) is 5.88 Å². The topological polar surface area (TPSA) is 76.4 Å². The number of rotatable bonds is 5. The van der Waals surface area contributed by atoms with E-state index in [-0.39, 0.29) is 18.4 Å². The van der Waals surface area contributed by atoms with Crippen molar-refractivity contribution >= 4 is 12.0 Å². The van der Waals surface area contributed by atoms with Crippen LogP contribution >= 0.6 is 0 Å². The molecule has 6 nitrogen and oxygen atoms in total. The molecule has 6 heteroatoms. The number of nitrogens with zero attached hydrogens (tertiary/aromatic N) is 2. The molecule has 0 aliphatic rings. The highest BCUT2D eigenvalue weighted by Crippen LogP contribution is 2.16. The summed E-state index contributed by atoms with van der Waals surface area (Å²) >= 11 is 0. The maximum Gasteiger partial charge on any atom is 0.421 e. The predicted molar refractivity (Wildman–Crippen MR) is 94.4 cm³/mol. The van der Waals surface area contributed by atoms with Crippen LogP contribution in [0.2, 0.25) is 0 Å². The first-order valence-electron chi connectivity index (χ1n) is 7.90. The first kappa shape index (κ1) is 16.6. The molecule has 2 aromatic carbocycles. The van der Waals surface area contributed by atoms with E-state index in [1.54, 1.807) is 0 Å². The Hall–Kier alpha value is -3.28. The highest BCUT2D eigenvalue weighted by Gasteiger charge is 2.15. The molecule has 1 heterocycles. The lowest BCUT2D eigenvalue weighted by Crippen LogP contribution is -2.16. The Bertz CT molecular complexity index is 842. The molecule has 0 saturated carbocycles. The fourth-order valence-corrected chi connectivity index (χ4v) is 2.31. The predicted octanol–water partition coefficient (Wildman–Crippen LogP) is 3.69. The summed E-state index contributed by atoms with van der Waals surface area (Å²) in [6, 6.07) is 17.4. The van der Waals surface area contributed by atoms with Crippen molar-refractivity contribution in [3.05, 3.63) is 77.5 Å². The Balaban J connectivity index is 1.65. The number of ether oxygens (including phenoxy) is 1. The number of nitrogens with one attached hydrogen (secondary N) is 1. The van der Waals surface area contributed by atoms with Gasteiger partial charge in [0.05, 0.1) is 6.20 Å². The van der Waals surface area contributed by atoms with Crippen LogP contribution in [0.1, 0.15) is 16.7 Å². The van der Waals surface area contributed by atoms with Gasteiger partial charge in [-0.1, -0.05) is 60.2 Å². The second-order valence-corrected chi connectivity index (χ2v) is 5.67. The quantitative estimate of drug-likeness (QED) is 0.742. The number of imidazole rings is 1. The lowest BCUT2D eigenvalue weighted by molar-refractivity contribution is 0.141. The van der Waals surface area contributed by atoms with Gasteiger partial charge in [-0.25, -0.2) is 9.36 Å². The molecule has 128 valence electrons. The maximum atomic E-state index is 12.3. The largest absolute Gasteiger partial charge is 0.492 e. The molecule has 0 saturated heterocycles. The van der Waals surface area contributed by atoms with E-state index in [1.807, 2.05) is 61.5 Å². The van der Waals surface area contributed by atoms with Gasteiger partial charge in [0.1, 0.15) is 6.61 Å². The van der Waals surface area contributed by atoms with Crippen LogP contribution in [-0.4, -0.2) is 20.8 Å². The SMILES string of the molecule is Cc1ccc(CNc2nc(O)cn2C(=O)OCc2ccccc2)cc1. The molecular weight excluding hydrogens is 318 g/mol. The zero-order valence-corrected chi connectivity index (χ0v) is 13.8. The van der Waals surface area contributed by atoms with Crippen molar-refractivity contribution in [2.75, 3.05) is 5.32 Å². The average molecular weight is 337 g/mol. The molecule has 0 unspecified atom stereocenters. The maximum absolute atomic E-state index is 12.3. The third kappa shape index (κ3) is 4.38. The van der Waals surface area contributed by atoms with E-state index < -0.39 is 6.09 Å². The monoisotopic (exact) mass is 337 g/mol. The van der Waals surface area contributed by atoms with Crippen LogP contribution in [0.3, 0.4) is 0 Å². The van der Waals surface area contributed by atoms with Gasteiger partial charge in [-0.15, -0.1) is 0 Å². The molecule has 0 radical (unpaired) electrons. The van der Waals surface area contributed by atoms with Crippen molar-refractivity contribution in [3.63, 3.8) is 0 Å². The Morgan fingerprint density at radius 3 is 2.56 bits per heavy atom. The van der Waals surface area contributed by atoms with Gasteiger partial charge in [0.2, 0.25) is 11.8 Å². The van der Waals surface area contributed by atoms with Crippen molar-refractivity contribution < 1.29 is 14.6 Å². The highest BCUT2D eigenvalue weighted by atomic mass is 16.5. The molecule has 0 aliphatic heterocycles. The second kappa shape index (κ2) is 7.53. The summed E-state index contributed by atoms with van der Waals surface area (Å²) in [5, 5.41) is 12.7. The highest BCUT2D eigenvalue weighted by molar-refractivity contribution is 5.74. The minimum absolute atomic E-state index is 0.149. The van der Waals surface area contributed by atoms with Gasteiger partial charge in [-0.2, -0.15) is 4.98 Å². The van der Waals surface area contributed by atoms with Crippen LogP contribution < -0.4 is 5.32 Å². The van der Waals surface area contributed by atoms with Crippen molar-refractivity contribution in [1.82, 2.24) is 9.55 Å². The number of aromatic nitrogens is 2. The van der Waals surface area contributed by atoms with E-state index in [1.165, 1.54) is 11.8 Å². The molecule has 0 spiro atoms. The van der Waals surface area contributed by atoms with E-state index in [0.717, 1.165) is 15.7 Å². The third-order valence-corrected chi connectivity index (χ3v) is 3.67. The Morgan fingerprint density at radius 2 is 1.84 bits per heavy atom. The van der Waals surface area contributed by atoms with Gasteiger partial charge < -0.3 is 15.2 Å². The minimum atomic E-state index is -0.608. The van der Waals surface area contributed by atoms with E-state index in [9.17, 15) is 9.90 Å². The van der Waals surface area contributed by atoms with Crippen LogP contribution in [0.4, 0.5) is 10.7 Å². The van der Waals surface area contributed by atoms with Gasteiger partial charge >= 0.3 is 6.09 Å². The second-order valence-electron chi connectivity index (χ2n) is 5.67. The van der Waals surface area contributed by atoms with Crippen LogP contribution in [-0.2, 0) is 17.9 Å². The molecule has 3 rings (SSSR count). The summed E-state index contributed by atoms with van der Waals surface area (Å²) in [5.41, 5.74) is 3.10. The summed E-state index contributed by atoms with van der Waals surface area (Å²) in [6.07, 6.45) is 0.619. The van der Waals surface area contributed by atoms with Crippen molar-refractivity contribution in [2.24, 2.45) is 0 Å². The fourth-order valence-electron chi connectivity index (χ4n) is 2.31. The summed E-state index contributed by atoms with van der Waals surface area (Å²) in [6.45, 7) is 2.64. The van der Waals surface area contributed by atoms with E-state index in [0.29, 0.717) is 6.54 Å². The lowest BCUT2D eigenvalue weighted by atomic mass is 10.1. The van der Waals surface area contributed by atoms with Gasteiger partial charge in [-0.3, -0.25) is 0 Å². The molecule has 3 aromatic rings. The van der Waals surface area contributed by atoms with Crippen molar-refractivity contribution in [1.29, 1.82) is 0 Å². The Kier molecular flexibility index (Phi) is 4.99. The molecule has 0 atom stereocenters. The van der Waals surface area contributed by atoms with Gasteiger partial charge in [0.15, 0.2) is 0 Å². The molecule has 25 heavy (non-hydrogen) atoms.